The van der Waals surface area contributed by atoms with Gasteiger partial charge in [0.25, 0.3) is 0 Å². The Morgan fingerprint density at radius 1 is 1.15 bits per heavy atom. The molecule has 4 heteroatoms. The van der Waals surface area contributed by atoms with Gasteiger partial charge in [0.2, 0.25) is 0 Å². The fraction of sp³-hybridized carbons (Fsp3) is 0.312. The van der Waals surface area contributed by atoms with Crippen molar-refractivity contribution in [2.24, 2.45) is 0 Å². The molecule has 0 aliphatic carbocycles. The first-order chi connectivity index (χ1) is 9.45. The van der Waals surface area contributed by atoms with Crippen molar-refractivity contribution in [3.05, 3.63) is 47.3 Å². The van der Waals surface area contributed by atoms with Gasteiger partial charge < -0.3 is 14.2 Å². The highest BCUT2D eigenvalue weighted by Gasteiger charge is 2.16. The molecule has 0 atom stereocenters. The predicted molar refractivity (Wildman–Crippen MR) is 80.9 cm³/mol. The summed E-state index contributed by atoms with van der Waals surface area (Å²) in [4.78, 5) is 13.8. The highest BCUT2D eigenvalue weighted by atomic mass is 16.5. The van der Waals surface area contributed by atoms with Gasteiger partial charge in [-0.2, -0.15) is 0 Å². The molecule has 1 aromatic heterocycles. The lowest BCUT2D eigenvalue weighted by atomic mass is 10.2. The van der Waals surface area contributed by atoms with Gasteiger partial charge in [-0.05, 0) is 44.2 Å². The Hall–Kier alpha value is -2.23. The van der Waals surface area contributed by atoms with Crippen LogP contribution in [0.1, 0.15) is 21.7 Å². The van der Waals surface area contributed by atoms with Gasteiger partial charge >= 0.3 is 5.97 Å². The van der Waals surface area contributed by atoms with Crippen LogP contribution in [0.5, 0.6) is 0 Å². The molecule has 1 aromatic carbocycles. The zero-order chi connectivity index (χ0) is 14.9. The molecule has 2 aromatic rings. The number of methoxy groups -OCH3 is 1. The van der Waals surface area contributed by atoms with Gasteiger partial charge in [0.05, 0.1) is 12.7 Å². The van der Waals surface area contributed by atoms with Gasteiger partial charge in [-0.15, -0.1) is 0 Å². The van der Waals surface area contributed by atoms with E-state index in [9.17, 15) is 4.79 Å². The van der Waals surface area contributed by atoms with Crippen molar-refractivity contribution in [1.82, 2.24) is 4.57 Å². The highest BCUT2D eigenvalue weighted by Crippen LogP contribution is 2.23. The molecule has 20 heavy (non-hydrogen) atoms. The Kier molecular flexibility index (Phi) is 3.84. The quantitative estimate of drug-likeness (QED) is 0.806. The molecule has 0 aliphatic rings. The van der Waals surface area contributed by atoms with Gasteiger partial charge in [-0.3, -0.25) is 0 Å². The molecule has 0 bridgehead atoms. The minimum atomic E-state index is -0.297. The van der Waals surface area contributed by atoms with E-state index in [1.54, 1.807) is 0 Å². The van der Waals surface area contributed by atoms with Crippen molar-refractivity contribution in [3.8, 4) is 5.69 Å². The van der Waals surface area contributed by atoms with Crippen molar-refractivity contribution >= 4 is 11.7 Å². The third-order valence-electron chi connectivity index (χ3n) is 3.46. The number of hydrogen-bond donors (Lipinski definition) is 0. The number of carbonyl (C=O) groups is 1. The third kappa shape index (κ3) is 2.41. The van der Waals surface area contributed by atoms with Crippen LogP contribution in [0.25, 0.3) is 5.69 Å². The Bertz CT molecular complexity index is 625. The number of aromatic nitrogens is 1. The van der Waals surface area contributed by atoms with Crippen LogP contribution in [0.15, 0.2) is 30.3 Å². The number of rotatable bonds is 3. The monoisotopic (exact) mass is 272 g/mol. The van der Waals surface area contributed by atoms with E-state index in [2.05, 4.69) is 33.7 Å². The molecule has 0 unspecified atom stereocenters. The van der Waals surface area contributed by atoms with Crippen molar-refractivity contribution in [1.29, 1.82) is 0 Å². The first-order valence-electron chi connectivity index (χ1n) is 6.50. The zero-order valence-corrected chi connectivity index (χ0v) is 12.6. The lowest BCUT2D eigenvalue weighted by Crippen LogP contribution is -2.09. The van der Waals surface area contributed by atoms with E-state index in [0.29, 0.717) is 5.56 Å². The Balaban J connectivity index is 2.47. The van der Waals surface area contributed by atoms with Crippen molar-refractivity contribution in [2.45, 2.75) is 13.8 Å². The van der Waals surface area contributed by atoms with Crippen LogP contribution in [-0.4, -0.2) is 31.7 Å². The summed E-state index contributed by atoms with van der Waals surface area (Å²) in [6.45, 7) is 3.92. The van der Waals surface area contributed by atoms with Crippen LogP contribution in [0.4, 0.5) is 5.69 Å². The molecule has 0 fully saturated rings. The number of esters is 1. The molecule has 0 radical (unpaired) electrons. The number of ether oxygens (including phenoxy) is 1. The van der Waals surface area contributed by atoms with Crippen LogP contribution in [0.2, 0.25) is 0 Å². The summed E-state index contributed by atoms with van der Waals surface area (Å²) in [6.07, 6.45) is 0. The van der Waals surface area contributed by atoms with Gasteiger partial charge in [0.15, 0.2) is 0 Å². The zero-order valence-electron chi connectivity index (χ0n) is 12.6. The van der Waals surface area contributed by atoms with Crippen LogP contribution in [0, 0.1) is 13.8 Å². The number of carbonyl (C=O) groups excluding carboxylic acids is 1. The predicted octanol–water partition coefficient (Wildman–Crippen LogP) is 2.95. The summed E-state index contributed by atoms with van der Waals surface area (Å²) < 4.78 is 6.87. The van der Waals surface area contributed by atoms with E-state index in [1.165, 1.54) is 7.11 Å². The standard InChI is InChI=1S/C16H20N2O2/c1-11-10-15(16(19)20-5)12(2)18(11)14-8-6-13(7-9-14)17(3)4/h6-10H,1-5H3. The van der Waals surface area contributed by atoms with Gasteiger partial charge in [-0.1, -0.05) is 0 Å². The maximum atomic E-state index is 11.7. The molecular weight excluding hydrogens is 252 g/mol. The normalized spacial score (nSPS) is 10.4. The molecule has 0 N–H and O–H groups in total. The molecule has 0 aliphatic heterocycles. The summed E-state index contributed by atoms with van der Waals surface area (Å²) in [6, 6.07) is 10.1. The van der Waals surface area contributed by atoms with Gasteiger partial charge in [-0.25, -0.2) is 4.79 Å². The maximum absolute atomic E-state index is 11.7. The molecule has 0 spiro atoms. The Labute approximate surface area is 119 Å². The van der Waals surface area contributed by atoms with E-state index < -0.39 is 0 Å². The molecule has 0 amide bonds. The summed E-state index contributed by atoms with van der Waals surface area (Å²) >= 11 is 0. The minimum Gasteiger partial charge on any atom is -0.465 e. The van der Waals surface area contributed by atoms with E-state index in [4.69, 9.17) is 4.74 Å². The van der Waals surface area contributed by atoms with Crippen molar-refractivity contribution in [3.63, 3.8) is 0 Å². The van der Waals surface area contributed by atoms with Crippen molar-refractivity contribution in [2.75, 3.05) is 26.1 Å². The second-order valence-electron chi connectivity index (χ2n) is 5.02. The van der Waals surface area contributed by atoms with E-state index in [1.807, 2.05) is 34.0 Å². The van der Waals surface area contributed by atoms with Crippen LogP contribution in [-0.2, 0) is 4.74 Å². The largest absolute Gasteiger partial charge is 0.465 e. The van der Waals surface area contributed by atoms with E-state index in [0.717, 1.165) is 22.8 Å². The minimum absolute atomic E-state index is 0.297. The lowest BCUT2D eigenvalue weighted by molar-refractivity contribution is 0.0600. The molecule has 1 heterocycles. The topological polar surface area (TPSA) is 34.5 Å². The van der Waals surface area contributed by atoms with Gasteiger partial charge in [0, 0.05) is 36.9 Å². The summed E-state index contributed by atoms with van der Waals surface area (Å²) in [5.41, 5.74) is 4.71. The van der Waals surface area contributed by atoms with Crippen molar-refractivity contribution < 1.29 is 9.53 Å². The fourth-order valence-electron chi connectivity index (χ4n) is 2.38. The maximum Gasteiger partial charge on any atom is 0.339 e. The first-order valence-corrected chi connectivity index (χ1v) is 6.50. The summed E-state index contributed by atoms with van der Waals surface area (Å²) in [5.74, 6) is -0.297. The van der Waals surface area contributed by atoms with E-state index in [-0.39, 0.29) is 5.97 Å². The number of anilines is 1. The summed E-state index contributed by atoms with van der Waals surface area (Å²) in [5, 5.41) is 0. The smallest absolute Gasteiger partial charge is 0.339 e. The first kappa shape index (κ1) is 14.2. The Morgan fingerprint density at radius 3 is 2.25 bits per heavy atom. The molecule has 2 rings (SSSR count). The summed E-state index contributed by atoms with van der Waals surface area (Å²) in [7, 11) is 5.42. The average molecular weight is 272 g/mol. The second kappa shape index (κ2) is 5.41. The number of aryl methyl sites for hydroxylation is 1. The highest BCUT2D eigenvalue weighted by molar-refractivity contribution is 5.91. The lowest BCUT2D eigenvalue weighted by Gasteiger charge is -2.14. The van der Waals surface area contributed by atoms with Crippen LogP contribution in [0.3, 0.4) is 0 Å². The molecule has 4 nitrogen and oxygen atoms in total. The van der Waals surface area contributed by atoms with Crippen LogP contribution >= 0.6 is 0 Å². The Morgan fingerprint density at radius 2 is 1.75 bits per heavy atom. The van der Waals surface area contributed by atoms with Crippen LogP contribution < -0.4 is 4.90 Å². The molecule has 0 saturated heterocycles. The van der Waals surface area contributed by atoms with Gasteiger partial charge in [0.1, 0.15) is 0 Å². The number of nitrogens with zero attached hydrogens (tertiary/aromatic N) is 2. The van der Waals surface area contributed by atoms with E-state index >= 15 is 0 Å². The third-order valence-corrected chi connectivity index (χ3v) is 3.46. The molecule has 106 valence electrons. The number of benzene rings is 1. The molecular formula is C16H20N2O2. The SMILES string of the molecule is COC(=O)c1cc(C)n(-c2ccc(N(C)C)cc2)c1C. The number of hydrogen-bond acceptors (Lipinski definition) is 3. The fourth-order valence-corrected chi connectivity index (χ4v) is 2.38. The second-order valence-corrected chi connectivity index (χ2v) is 5.02. The molecule has 0 saturated carbocycles. The average Bonchev–Trinajstić information content (AvgIpc) is 2.73.